The van der Waals surface area contributed by atoms with Gasteiger partial charge in [0.2, 0.25) is 0 Å². The Morgan fingerprint density at radius 1 is 1.21 bits per heavy atom. The van der Waals surface area contributed by atoms with Gasteiger partial charge in [0, 0.05) is 19.2 Å². The van der Waals surface area contributed by atoms with Crippen molar-refractivity contribution in [3.8, 4) is 0 Å². The van der Waals surface area contributed by atoms with Gasteiger partial charge in [0.05, 0.1) is 0 Å². The standard InChI is InChI=1S/C11H26N2O/c1-4-8-12-11(7-9-14)10-13(5-2)6-3/h11-12,14H,4-10H2,1-3H3. The summed E-state index contributed by atoms with van der Waals surface area (Å²) in [6, 6.07) is 0.444. The largest absolute Gasteiger partial charge is 0.396 e. The van der Waals surface area contributed by atoms with E-state index in [-0.39, 0.29) is 6.61 Å². The van der Waals surface area contributed by atoms with Crippen molar-refractivity contribution in [2.75, 3.05) is 32.8 Å². The van der Waals surface area contributed by atoms with Crippen LogP contribution in [0.3, 0.4) is 0 Å². The fraction of sp³-hybridized carbons (Fsp3) is 1.00. The summed E-state index contributed by atoms with van der Waals surface area (Å²) in [5.74, 6) is 0. The maximum atomic E-state index is 8.94. The molecule has 0 rings (SSSR count). The quantitative estimate of drug-likeness (QED) is 0.587. The number of nitrogens with one attached hydrogen (secondary N) is 1. The molecule has 0 spiro atoms. The fourth-order valence-electron chi connectivity index (χ4n) is 1.56. The highest BCUT2D eigenvalue weighted by molar-refractivity contribution is 4.70. The molecule has 14 heavy (non-hydrogen) atoms. The smallest absolute Gasteiger partial charge is 0.0446 e. The van der Waals surface area contributed by atoms with E-state index in [9.17, 15) is 0 Å². The molecule has 0 fully saturated rings. The summed E-state index contributed by atoms with van der Waals surface area (Å²) in [6.45, 7) is 11.1. The van der Waals surface area contributed by atoms with Gasteiger partial charge >= 0.3 is 0 Å². The number of likely N-dealkylation sites (N-methyl/N-ethyl adjacent to an activating group) is 1. The highest BCUT2D eigenvalue weighted by Gasteiger charge is 2.10. The predicted molar refractivity (Wildman–Crippen MR) is 61.6 cm³/mol. The molecule has 0 aliphatic rings. The minimum atomic E-state index is 0.280. The first-order valence-electron chi connectivity index (χ1n) is 5.84. The minimum Gasteiger partial charge on any atom is -0.396 e. The second-order valence-corrected chi connectivity index (χ2v) is 3.65. The molecule has 2 N–H and O–H groups in total. The predicted octanol–water partition coefficient (Wildman–Crippen LogP) is 1.08. The molecule has 0 aromatic heterocycles. The van der Waals surface area contributed by atoms with Crippen LogP contribution in [0.15, 0.2) is 0 Å². The molecule has 0 aliphatic heterocycles. The van der Waals surface area contributed by atoms with E-state index in [1.807, 2.05) is 0 Å². The van der Waals surface area contributed by atoms with Crippen LogP contribution < -0.4 is 5.32 Å². The SMILES string of the molecule is CCCNC(CCO)CN(CC)CC. The molecular weight excluding hydrogens is 176 g/mol. The number of aliphatic hydroxyl groups excluding tert-OH is 1. The Morgan fingerprint density at radius 2 is 1.86 bits per heavy atom. The Labute approximate surface area is 88.5 Å². The molecule has 3 nitrogen and oxygen atoms in total. The van der Waals surface area contributed by atoms with Crippen molar-refractivity contribution in [1.29, 1.82) is 0 Å². The minimum absolute atomic E-state index is 0.280. The second kappa shape index (κ2) is 9.44. The number of nitrogens with zero attached hydrogens (tertiary/aromatic N) is 1. The lowest BCUT2D eigenvalue weighted by molar-refractivity contribution is 0.218. The maximum Gasteiger partial charge on any atom is 0.0446 e. The molecule has 3 heteroatoms. The molecule has 0 bridgehead atoms. The van der Waals surface area contributed by atoms with Gasteiger partial charge in [0.15, 0.2) is 0 Å². The summed E-state index contributed by atoms with van der Waals surface area (Å²) in [7, 11) is 0. The van der Waals surface area contributed by atoms with Crippen molar-refractivity contribution in [2.45, 2.75) is 39.7 Å². The summed E-state index contributed by atoms with van der Waals surface area (Å²) in [5.41, 5.74) is 0. The highest BCUT2D eigenvalue weighted by Crippen LogP contribution is 1.97. The zero-order valence-electron chi connectivity index (χ0n) is 9.92. The maximum absolute atomic E-state index is 8.94. The Hall–Kier alpha value is -0.120. The average Bonchev–Trinajstić information content (AvgIpc) is 2.22. The van der Waals surface area contributed by atoms with Gasteiger partial charge in [0.25, 0.3) is 0 Å². The van der Waals surface area contributed by atoms with Gasteiger partial charge in [-0.2, -0.15) is 0 Å². The third kappa shape index (κ3) is 6.35. The van der Waals surface area contributed by atoms with Gasteiger partial charge in [0.1, 0.15) is 0 Å². The monoisotopic (exact) mass is 202 g/mol. The van der Waals surface area contributed by atoms with Crippen molar-refractivity contribution in [3.05, 3.63) is 0 Å². The van der Waals surface area contributed by atoms with E-state index in [4.69, 9.17) is 5.11 Å². The summed E-state index contributed by atoms with van der Waals surface area (Å²) >= 11 is 0. The van der Waals surface area contributed by atoms with Crippen LogP contribution in [0.2, 0.25) is 0 Å². The lowest BCUT2D eigenvalue weighted by atomic mass is 10.2. The van der Waals surface area contributed by atoms with Gasteiger partial charge in [-0.1, -0.05) is 20.8 Å². The Bertz CT molecular complexity index is 116. The zero-order chi connectivity index (χ0) is 10.8. The summed E-state index contributed by atoms with van der Waals surface area (Å²) in [4.78, 5) is 2.39. The lowest BCUT2D eigenvalue weighted by Crippen LogP contribution is -2.41. The molecular formula is C11H26N2O. The van der Waals surface area contributed by atoms with Crippen molar-refractivity contribution in [2.24, 2.45) is 0 Å². The summed E-state index contributed by atoms with van der Waals surface area (Å²) in [5, 5.41) is 12.4. The van der Waals surface area contributed by atoms with Crippen molar-refractivity contribution in [1.82, 2.24) is 10.2 Å². The lowest BCUT2D eigenvalue weighted by Gasteiger charge is -2.25. The van der Waals surface area contributed by atoms with Crippen molar-refractivity contribution in [3.63, 3.8) is 0 Å². The van der Waals surface area contributed by atoms with Gasteiger partial charge in [-0.25, -0.2) is 0 Å². The van der Waals surface area contributed by atoms with E-state index in [1.54, 1.807) is 0 Å². The third-order valence-corrected chi connectivity index (χ3v) is 2.53. The van der Waals surface area contributed by atoms with Gasteiger partial charge in [-0.3, -0.25) is 0 Å². The molecule has 0 saturated carbocycles. The molecule has 86 valence electrons. The number of rotatable bonds is 9. The molecule has 0 aliphatic carbocycles. The molecule has 1 unspecified atom stereocenters. The Kier molecular flexibility index (Phi) is 9.35. The topological polar surface area (TPSA) is 35.5 Å². The molecule has 0 aromatic carbocycles. The highest BCUT2D eigenvalue weighted by atomic mass is 16.3. The first kappa shape index (κ1) is 13.9. The fourth-order valence-corrected chi connectivity index (χ4v) is 1.56. The summed E-state index contributed by atoms with van der Waals surface area (Å²) in [6.07, 6.45) is 2.01. The van der Waals surface area contributed by atoms with Crippen molar-refractivity contribution < 1.29 is 5.11 Å². The van der Waals surface area contributed by atoms with Crippen LogP contribution in [0.1, 0.15) is 33.6 Å². The van der Waals surface area contributed by atoms with Crippen LogP contribution in [0, 0.1) is 0 Å². The molecule has 0 aromatic rings. The molecule has 0 radical (unpaired) electrons. The van der Waals surface area contributed by atoms with Crippen LogP contribution in [0.5, 0.6) is 0 Å². The third-order valence-electron chi connectivity index (χ3n) is 2.53. The molecule has 0 heterocycles. The number of hydrogen-bond donors (Lipinski definition) is 2. The molecule has 0 saturated heterocycles. The first-order valence-corrected chi connectivity index (χ1v) is 5.84. The van der Waals surface area contributed by atoms with Crippen LogP contribution >= 0.6 is 0 Å². The molecule has 1 atom stereocenters. The van der Waals surface area contributed by atoms with Crippen LogP contribution in [-0.2, 0) is 0 Å². The van der Waals surface area contributed by atoms with Crippen molar-refractivity contribution >= 4 is 0 Å². The Morgan fingerprint density at radius 3 is 2.29 bits per heavy atom. The van der Waals surface area contributed by atoms with E-state index in [0.717, 1.165) is 39.0 Å². The van der Waals surface area contributed by atoms with Crippen LogP contribution in [0.25, 0.3) is 0 Å². The van der Waals surface area contributed by atoms with E-state index in [2.05, 4.69) is 31.0 Å². The Balaban J connectivity index is 3.80. The molecule has 0 amide bonds. The van der Waals surface area contributed by atoms with E-state index in [0.29, 0.717) is 6.04 Å². The van der Waals surface area contributed by atoms with Crippen LogP contribution in [0.4, 0.5) is 0 Å². The first-order chi connectivity index (χ1) is 6.78. The summed E-state index contributed by atoms with van der Waals surface area (Å²) < 4.78 is 0. The van der Waals surface area contributed by atoms with E-state index >= 15 is 0 Å². The second-order valence-electron chi connectivity index (χ2n) is 3.65. The normalized spacial score (nSPS) is 13.5. The average molecular weight is 202 g/mol. The number of aliphatic hydroxyl groups is 1. The zero-order valence-corrected chi connectivity index (χ0v) is 9.92. The number of hydrogen-bond acceptors (Lipinski definition) is 3. The van der Waals surface area contributed by atoms with Gasteiger partial charge in [-0.15, -0.1) is 0 Å². The van der Waals surface area contributed by atoms with Gasteiger partial charge < -0.3 is 15.3 Å². The van der Waals surface area contributed by atoms with E-state index in [1.165, 1.54) is 0 Å². The van der Waals surface area contributed by atoms with Crippen LogP contribution in [-0.4, -0.2) is 48.8 Å². The van der Waals surface area contributed by atoms with E-state index < -0.39 is 0 Å². The van der Waals surface area contributed by atoms with Gasteiger partial charge in [-0.05, 0) is 32.5 Å².